The van der Waals surface area contributed by atoms with Crippen molar-refractivity contribution in [3.05, 3.63) is 40.0 Å². The molecule has 0 spiro atoms. The Balaban J connectivity index is 1.72. The van der Waals surface area contributed by atoms with E-state index in [4.69, 9.17) is 9.15 Å². The minimum Gasteiger partial charge on any atom is -0.461 e. The van der Waals surface area contributed by atoms with Crippen LogP contribution >= 0.6 is 11.3 Å². The lowest BCUT2D eigenvalue weighted by Crippen LogP contribution is -2.34. The maximum absolute atomic E-state index is 12.5. The van der Waals surface area contributed by atoms with Crippen LogP contribution in [0.25, 0.3) is 0 Å². The Kier molecular flexibility index (Phi) is 4.49. The third kappa shape index (κ3) is 3.03. The fraction of sp³-hybridized carbons (Fsp3) is 0.438. The van der Waals surface area contributed by atoms with Crippen molar-refractivity contribution in [3.63, 3.8) is 0 Å². The third-order valence-electron chi connectivity index (χ3n) is 3.91. The number of hydrogen-bond donors (Lipinski definition) is 1. The second kappa shape index (κ2) is 6.54. The van der Waals surface area contributed by atoms with Crippen molar-refractivity contribution in [2.45, 2.75) is 32.4 Å². The molecule has 0 radical (unpaired) electrons. The van der Waals surface area contributed by atoms with E-state index >= 15 is 0 Å². The number of hydrogen-bond acceptors (Lipinski definition) is 4. The molecule has 0 aromatic carbocycles. The number of aryl methyl sites for hydroxylation is 1. The zero-order valence-corrected chi connectivity index (χ0v) is 13.6. The molecule has 118 valence electrons. The molecule has 2 aromatic rings. The number of ether oxygens (including phenoxy) is 1. The quantitative estimate of drug-likeness (QED) is 0.920. The van der Waals surface area contributed by atoms with Gasteiger partial charge in [-0.2, -0.15) is 0 Å². The lowest BCUT2D eigenvalue weighted by molar-refractivity contribution is 0.157. The number of nitrogens with one attached hydrogen (secondary N) is 1. The van der Waals surface area contributed by atoms with E-state index in [1.807, 2.05) is 34.7 Å². The molecule has 1 saturated heterocycles. The number of carbonyl (C=O) groups is 1. The molecule has 1 unspecified atom stereocenters. The third-order valence-corrected chi connectivity index (χ3v) is 4.77. The first kappa shape index (κ1) is 15.1. The van der Waals surface area contributed by atoms with Gasteiger partial charge in [0, 0.05) is 19.0 Å². The molecule has 6 heteroatoms. The fourth-order valence-corrected chi connectivity index (χ4v) is 3.55. The maximum atomic E-state index is 12.5. The van der Waals surface area contributed by atoms with E-state index in [0.717, 1.165) is 42.2 Å². The van der Waals surface area contributed by atoms with Crippen LogP contribution in [-0.2, 0) is 11.3 Å². The van der Waals surface area contributed by atoms with Gasteiger partial charge in [-0.05, 0) is 42.8 Å². The van der Waals surface area contributed by atoms with Gasteiger partial charge < -0.3 is 19.4 Å². The van der Waals surface area contributed by atoms with Crippen LogP contribution in [0.2, 0.25) is 0 Å². The Hall–Kier alpha value is -1.79. The van der Waals surface area contributed by atoms with Gasteiger partial charge in [-0.3, -0.25) is 0 Å². The number of likely N-dealkylation sites (tertiary alicyclic amines) is 1. The first-order valence-electron chi connectivity index (χ1n) is 7.37. The molecule has 3 heterocycles. The SMILES string of the molecule is COCc1ccc(C2CCCN2C(=O)Nc2cscc2C)o1. The predicted octanol–water partition coefficient (Wildman–Crippen LogP) is 4.16. The summed E-state index contributed by atoms with van der Waals surface area (Å²) in [6.07, 6.45) is 1.91. The summed E-state index contributed by atoms with van der Waals surface area (Å²) in [6, 6.07) is 3.80. The van der Waals surface area contributed by atoms with Crippen molar-refractivity contribution in [1.29, 1.82) is 0 Å². The minimum atomic E-state index is -0.0614. The topological polar surface area (TPSA) is 54.7 Å². The summed E-state index contributed by atoms with van der Waals surface area (Å²) in [5.74, 6) is 1.63. The summed E-state index contributed by atoms with van der Waals surface area (Å²) >= 11 is 1.59. The molecule has 1 atom stereocenters. The number of methoxy groups -OCH3 is 1. The van der Waals surface area contributed by atoms with Crippen molar-refractivity contribution >= 4 is 23.1 Å². The van der Waals surface area contributed by atoms with Crippen molar-refractivity contribution in [3.8, 4) is 0 Å². The van der Waals surface area contributed by atoms with Crippen LogP contribution in [0.4, 0.5) is 10.5 Å². The number of urea groups is 1. The minimum absolute atomic E-state index is 0.00421. The molecule has 1 fully saturated rings. The summed E-state index contributed by atoms with van der Waals surface area (Å²) < 4.78 is 10.9. The van der Waals surface area contributed by atoms with Crippen molar-refractivity contribution in [2.24, 2.45) is 0 Å². The molecule has 1 N–H and O–H groups in total. The number of furan rings is 1. The zero-order valence-electron chi connectivity index (χ0n) is 12.8. The van der Waals surface area contributed by atoms with Crippen LogP contribution in [-0.4, -0.2) is 24.6 Å². The van der Waals surface area contributed by atoms with Crippen molar-refractivity contribution in [2.75, 3.05) is 19.0 Å². The Labute approximate surface area is 133 Å². The summed E-state index contributed by atoms with van der Waals surface area (Å²) in [5.41, 5.74) is 1.98. The molecular weight excluding hydrogens is 300 g/mol. The Bertz CT molecular complexity index is 649. The van der Waals surface area contributed by atoms with E-state index in [2.05, 4.69) is 5.32 Å². The van der Waals surface area contributed by atoms with Gasteiger partial charge in [0.25, 0.3) is 0 Å². The van der Waals surface area contributed by atoms with Crippen molar-refractivity contribution in [1.82, 2.24) is 4.90 Å². The first-order valence-corrected chi connectivity index (χ1v) is 8.31. The van der Waals surface area contributed by atoms with E-state index in [-0.39, 0.29) is 12.1 Å². The van der Waals surface area contributed by atoms with Crippen molar-refractivity contribution < 1.29 is 13.9 Å². The number of thiophene rings is 1. The second-order valence-corrected chi connectivity index (χ2v) is 6.23. The molecule has 0 saturated carbocycles. The van der Waals surface area contributed by atoms with E-state index in [1.54, 1.807) is 18.4 Å². The van der Waals surface area contributed by atoms with Crippen LogP contribution in [0, 0.1) is 6.92 Å². The Morgan fingerprint density at radius 3 is 3.09 bits per heavy atom. The standard InChI is InChI=1S/C16H20N2O3S/c1-11-9-22-10-13(11)17-16(19)18-7-3-4-14(18)15-6-5-12(21-15)8-20-2/h5-6,9-10,14H,3-4,7-8H2,1-2H3,(H,17,19). The maximum Gasteiger partial charge on any atom is 0.322 e. The van der Waals surface area contributed by atoms with E-state index in [1.165, 1.54) is 0 Å². The average Bonchev–Trinajstić information content (AvgIpc) is 3.20. The molecule has 1 aliphatic heterocycles. The predicted molar refractivity (Wildman–Crippen MR) is 86.2 cm³/mol. The summed E-state index contributed by atoms with van der Waals surface area (Å²) in [4.78, 5) is 14.4. The Morgan fingerprint density at radius 2 is 2.36 bits per heavy atom. The highest BCUT2D eigenvalue weighted by atomic mass is 32.1. The fourth-order valence-electron chi connectivity index (χ4n) is 2.77. The van der Waals surface area contributed by atoms with Crippen LogP contribution in [0.5, 0.6) is 0 Å². The molecule has 2 aromatic heterocycles. The lowest BCUT2D eigenvalue weighted by Gasteiger charge is -2.23. The van der Waals surface area contributed by atoms with Gasteiger partial charge in [-0.1, -0.05) is 0 Å². The number of anilines is 1. The van der Waals surface area contributed by atoms with Gasteiger partial charge in [0.2, 0.25) is 0 Å². The van der Waals surface area contributed by atoms with Crippen LogP contribution in [0.3, 0.4) is 0 Å². The summed E-state index contributed by atoms with van der Waals surface area (Å²) in [5, 5.41) is 6.98. The molecule has 1 aliphatic rings. The number of nitrogens with zero attached hydrogens (tertiary/aromatic N) is 1. The smallest absolute Gasteiger partial charge is 0.322 e. The molecule has 22 heavy (non-hydrogen) atoms. The van der Waals surface area contributed by atoms with Gasteiger partial charge in [-0.15, -0.1) is 11.3 Å². The van der Waals surface area contributed by atoms with Crippen LogP contribution in [0.1, 0.15) is 36.0 Å². The van der Waals surface area contributed by atoms with Crippen LogP contribution < -0.4 is 5.32 Å². The first-order chi connectivity index (χ1) is 10.7. The normalized spacial score (nSPS) is 17.9. The Morgan fingerprint density at radius 1 is 1.50 bits per heavy atom. The van der Waals surface area contributed by atoms with Gasteiger partial charge in [0.1, 0.15) is 18.1 Å². The summed E-state index contributed by atoms with van der Waals surface area (Å²) in [7, 11) is 1.64. The monoisotopic (exact) mass is 320 g/mol. The van der Waals surface area contributed by atoms with E-state index < -0.39 is 0 Å². The molecular formula is C16H20N2O3S. The van der Waals surface area contributed by atoms with Gasteiger partial charge in [0.05, 0.1) is 11.7 Å². The lowest BCUT2D eigenvalue weighted by atomic mass is 10.2. The molecule has 0 aliphatic carbocycles. The number of amides is 2. The summed E-state index contributed by atoms with van der Waals surface area (Å²) in [6.45, 7) is 3.20. The molecule has 2 amide bonds. The van der Waals surface area contributed by atoms with Gasteiger partial charge in [-0.25, -0.2) is 4.79 Å². The zero-order chi connectivity index (χ0) is 15.5. The largest absolute Gasteiger partial charge is 0.461 e. The molecule has 5 nitrogen and oxygen atoms in total. The highest BCUT2D eigenvalue weighted by Gasteiger charge is 2.32. The van der Waals surface area contributed by atoms with Gasteiger partial charge in [0.15, 0.2) is 0 Å². The highest BCUT2D eigenvalue weighted by molar-refractivity contribution is 7.08. The number of rotatable bonds is 4. The van der Waals surface area contributed by atoms with Crippen LogP contribution in [0.15, 0.2) is 27.3 Å². The average molecular weight is 320 g/mol. The van der Waals surface area contributed by atoms with Gasteiger partial charge >= 0.3 is 6.03 Å². The molecule has 0 bridgehead atoms. The second-order valence-electron chi connectivity index (χ2n) is 5.49. The number of carbonyl (C=O) groups excluding carboxylic acids is 1. The highest BCUT2D eigenvalue weighted by Crippen LogP contribution is 2.34. The van der Waals surface area contributed by atoms with E-state index in [9.17, 15) is 4.79 Å². The molecule has 3 rings (SSSR count). The van der Waals surface area contributed by atoms with E-state index in [0.29, 0.717) is 6.61 Å².